The highest BCUT2D eigenvalue weighted by Crippen LogP contribution is 2.50. The molecule has 0 radical (unpaired) electrons. The Hall–Kier alpha value is -3.07. The Balaban J connectivity index is 1.65. The first-order chi connectivity index (χ1) is 14.8. The number of carbonyl (C=O) groups excluding carboxylic acids is 1. The zero-order valence-corrected chi connectivity index (χ0v) is 18.9. The van der Waals surface area contributed by atoms with Gasteiger partial charge in [-0.15, -0.1) is 0 Å². The molecular weight excluding hydrogens is 382 g/mol. The first-order valence-electron chi connectivity index (χ1n) is 11.0. The molecule has 3 nitrogen and oxygen atoms in total. The van der Waals surface area contributed by atoms with Crippen LogP contribution in [0.25, 0.3) is 0 Å². The standard InChI is InChI=1S/C28H31NO2/c1-5-21-15-17-23(18-16-21)31-19-26(30)29-25-14-10-9-13-24(25)28(4,20-27(29,2)3)22-11-7-6-8-12-22/h6-18H,5,19-20H2,1-4H3/t28-/m1/s1. The number of carbonyl (C=O) groups is 1. The molecule has 0 aliphatic carbocycles. The Morgan fingerprint density at radius 1 is 0.903 bits per heavy atom. The second-order valence-corrected chi connectivity index (χ2v) is 9.22. The summed E-state index contributed by atoms with van der Waals surface area (Å²) in [6, 6.07) is 26.9. The number of hydrogen-bond acceptors (Lipinski definition) is 2. The maximum Gasteiger partial charge on any atom is 0.265 e. The number of benzene rings is 3. The molecule has 1 heterocycles. The number of rotatable bonds is 5. The highest BCUT2D eigenvalue weighted by molar-refractivity contribution is 5.97. The third-order valence-corrected chi connectivity index (χ3v) is 6.49. The number of para-hydroxylation sites is 1. The van der Waals surface area contributed by atoms with Crippen molar-refractivity contribution in [3.63, 3.8) is 0 Å². The highest BCUT2D eigenvalue weighted by atomic mass is 16.5. The van der Waals surface area contributed by atoms with E-state index in [4.69, 9.17) is 4.74 Å². The van der Waals surface area contributed by atoms with E-state index in [1.165, 1.54) is 16.7 Å². The molecule has 3 heteroatoms. The number of anilines is 1. The van der Waals surface area contributed by atoms with Gasteiger partial charge in [0.2, 0.25) is 0 Å². The zero-order valence-electron chi connectivity index (χ0n) is 18.9. The SMILES string of the molecule is CCc1ccc(OCC(=O)N2c3ccccc3[C@@](C)(c3ccccc3)CC2(C)C)cc1. The van der Waals surface area contributed by atoms with Gasteiger partial charge < -0.3 is 9.64 Å². The van der Waals surface area contributed by atoms with Gasteiger partial charge in [0.15, 0.2) is 6.61 Å². The molecule has 3 aromatic carbocycles. The van der Waals surface area contributed by atoms with Crippen LogP contribution < -0.4 is 9.64 Å². The first kappa shape index (κ1) is 21.2. The summed E-state index contributed by atoms with van der Waals surface area (Å²) in [5.41, 5.74) is 4.15. The predicted molar refractivity (Wildman–Crippen MR) is 127 cm³/mol. The summed E-state index contributed by atoms with van der Waals surface area (Å²) >= 11 is 0. The molecule has 0 N–H and O–H groups in total. The molecule has 0 aromatic heterocycles. The molecule has 0 saturated carbocycles. The fraction of sp³-hybridized carbons (Fsp3) is 0.321. The zero-order chi connectivity index (χ0) is 22.1. The molecule has 1 aliphatic heterocycles. The Kier molecular flexibility index (Phi) is 5.62. The predicted octanol–water partition coefficient (Wildman–Crippen LogP) is 6.15. The van der Waals surface area contributed by atoms with Crippen molar-refractivity contribution in [3.05, 3.63) is 95.6 Å². The van der Waals surface area contributed by atoms with E-state index < -0.39 is 0 Å². The molecule has 3 aromatic rings. The van der Waals surface area contributed by atoms with Crippen molar-refractivity contribution < 1.29 is 9.53 Å². The molecule has 0 unspecified atom stereocenters. The van der Waals surface area contributed by atoms with Gasteiger partial charge in [0, 0.05) is 16.6 Å². The number of hydrogen-bond donors (Lipinski definition) is 0. The molecule has 0 saturated heterocycles. The van der Waals surface area contributed by atoms with Gasteiger partial charge >= 0.3 is 0 Å². The van der Waals surface area contributed by atoms with Crippen LogP contribution in [0, 0.1) is 0 Å². The third-order valence-electron chi connectivity index (χ3n) is 6.49. The molecule has 1 aliphatic rings. The van der Waals surface area contributed by atoms with Crippen molar-refractivity contribution in [1.29, 1.82) is 0 Å². The smallest absolute Gasteiger partial charge is 0.265 e. The van der Waals surface area contributed by atoms with E-state index in [9.17, 15) is 4.79 Å². The minimum absolute atomic E-state index is 0.0191. The van der Waals surface area contributed by atoms with Crippen LogP contribution in [0.3, 0.4) is 0 Å². The summed E-state index contributed by atoms with van der Waals surface area (Å²) in [6.45, 7) is 8.73. The summed E-state index contributed by atoms with van der Waals surface area (Å²) < 4.78 is 5.87. The van der Waals surface area contributed by atoms with Crippen molar-refractivity contribution in [2.45, 2.75) is 51.5 Å². The Morgan fingerprint density at radius 3 is 2.23 bits per heavy atom. The minimum atomic E-state index is -0.356. The summed E-state index contributed by atoms with van der Waals surface area (Å²) in [5.74, 6) is 0.704. The van der Waals surface area contributed by atoms with Crippen LogP contribution in [0.4, 0.5) is 5.69 Å². The van der Waals surface area contributed by atoms with Crippen molar-refractivity contribution >= 4 is 11.6 Å². The largest absolute Gasteiger partial charge is 0.484 e. The molecular formula is C28H31NO2. The molecule has 4 rings (SSSR count). The Morgan fingerprint density at radius 2 is 1.55 bits per heavy atom. The van der Waals surface area contributed by atoms with Crippen molar-refractivity contribution in [2.24, 2.45) is 0 Å². The molecule has 1 amide bonds. The summed E-state index contributed by atoms with van der Waals surface area (Å²) in [5, 5.41) is 0. The van der Waals surface area contributed by atoms with Crippen LogP contribution in [-0.4, -0.2) is 18.1 Å². The average Bonchev–Trinajstić information content (AvgIpc) is 2.78. The molecule has 0 spiro atoms. The Labute approximate surface area is 185 Å². The number of ether oxygens (including phenoxy) is 1. The Bertz CT molecular complexity index is 1060. The van der Waals surface area contributed by atoms with Crippen LogP contribution in [0.2, 0.25) is 0 Å². The van der Waals surface area contributed by atoms with E-state index in [1.54, 1.807) is 0 Å². The fourth-order valence-electron chi connectivity index (χ4n) is 5.07. The number of fused-ring (bicyclic) bond motifs is 1. The van der Waals surface area contributed by atoms with Crippen molar-refractivity contribution in [3.8, 4) is 5.75 Å². The van der Waals surface area contributed by atoms with E-state index in [0.717, 1.165) is 24.3 Å². The van der Waals surface area contributed by atoms with Gasteiger partial charge in [-0.1, -0.05) is 74.5 Å². The van der Waals surface area contributed by atoms with E-state index in [0.29, 0.717) is 0 Å². The van der Waals surface area contributed by atoms with Gasteiger partial charge in [-0.2, -0.15) is 0 Å². The van der Waals surface area contributed by atoms with Gasteiger partial charge in [0.05, 0.1) is 0 Å². The lowest BCUT2D eigenvalue weighted by atomic mass is 9.65. The normalized spacial score (nSPS) is 19.5. The number of nitrogens with zero attached hydrogens (tertiary/aromatic N) is 1. The summed E-state index contributed by atoms with van der Waals surface area (Å²) in [7, 11) is 0. The van der Waals surface area contributed by atoms with Crippen LogP contribution in [0.5, 0.6) is 5.75 Å². The van der Waals surface area contributed by atoms with E-state index >= 15 is 0 Å². The van der Waals surface area contributed by atoms with Crippen molar-refractivity contribution in [2.75, 3.05) is 11.5 Å². The van der Waals surface area contributed by atoms with Gasteiger partial charge in [-0.25, -0.2) is 0 Å². The lowest BCUT2D eigenvalue weighted by molar-refractivity contribution is -0.121. The maximum absolute atomic E-state index is 13.4. The van der Waals surface area contributed by atoms with Crippen LogP contribution in [0.15, 0.2) is 78.9 Å². The van der Waals surface area contributed by atoms with E-state index in [2.05, 4.69) is 70.2 Å². The molecule has 31 heavy (non-hydrogen) atoms. The quantitative estimate of drug-likeness (QED) is 0.502. The van der Waals surface area contributed by atoms with Crippen LogP contribution in [0.1, 0.15) is 50.8 Å². The van der Waals surface area contributed by atoms with E-state index in [1.807, 2.05) is 41.3 Å². The molecule has 0 fully saturated rings. The van der Waals surface area contributed by atoms with Gasteiger partial charge in [0.1, 0.15) is 5.75 Å². The summed E-state index contributed by atoms with van der Waals surface area (Å²) in [6.07, 6.45) is 1.82. The molecule has 0 bridgehead atoms. The molecule has 1 atom stereocenters. The monoisotopic (exact) mass is 413 g/mol. The second-order valence-electron chi connectivity index (χ2n) is 9.22. The van der Waals surface area contributed by atoms with Gasteiger partial charge in [-0.3, -0.25) is 4.79 Å². The number of aryl methyl sites for hydroxylation is 1. The third kappa shape index (κ3) is 3.97. The fourth-order valence-corrected chi connectivity index (χ4v) is 5.07. The lowest BCUT2D eigenvalue weighted by Crippen LogP contribution is -2.57. The van der Waals surface area contributed by atoms with Gasteiger partial charge in [-0.05, 0) is 61.6 Å². The first-order valence-corrected chi connectivity index (χ1v) is 11.0. The van der Waals surface area contributed by atoms with Crippen molar-refractivity contribution in [1.82, 2.24) is 0 Å². The topological polar surface area (TPSA) is 29.5 Å². The van der Waals surface area contributed by atoms with Crippen LogP contribution >= 0.6 is 0 Å². The minimum Gasteiger partial charge on any atom is -0.484 e. The van der Waals surface area contributed by atoms with Gasteiger partial charge in [0.25, 0.3) is 5.91 Å². The summed E-state index contributed by atoms with van der Waals surface area (Å²) in [4.78, 5) is 15.4. The highest BCUT2D eigenvalue weighted by Gasteiger charge is 2.47. The maximum atomic E-state index is 13.4. The van der Waals surface area contributed by atoms with E-state index in [-0.39, 0.29) is 23.5 Å². The lowest BCUT2D eigenvalue weighted by Gasteiger charge is -2.51. The van der Waals surface area contributed by atoms with Crippen LogP contribution in [-0.2, 0) is 16.6 Å². The number of amides is 1. The molecule has 160 valence electrons. The second kappa shape index (κ2) is 8.22. The average molecular weight is 414 g/mol.